The summed E-state index contributed by atoms with van der Waals surface area (Å²) in [6, 6.07) is 5.63. The average molecular weight is 236 g/mol. The summed E-state index contributed by atoms with van der Waals surface area (Å²) >= 11 is 0. The molecule has 1 N–H and O–H groups in total. The molecule has 0 aliphatic heterocycles. The van der Waals surface area contributed by atoms with Gasteiger partial charge in [0.15, 0.2) is 5.78 Å². The number of benzene rings is 1. The Morgan fingerprint density at radius 3 is 2.24 bits per heavy atom. The fraction of sp³-hybridized carbons (Fsp3) is 0.417. The third-order valence-electron chi connectivity index (χ3n) is 2.18. The molecule has 1 rings (SSSR count). The van der Waals surface area contributed by atoms with E-state index in [9.17, 15) is 14.9 Å². The summed E-state index contributed by atoms with van der Waals surface area (Å²) in [7, 11) is 0. The summed E-state index contributed by atoms with van der Waals surface area (Å²) in [5.41, 5.74) is 0.342. The lowest BCUT2D eigenvalue weighted by Crippen LogP contribution is -2.39. The van der Waals surface area contributed by atoms with Crippen LogP contribution >= 0.6 is 0 Å². The smallest absolute Gasteiger partial charge is 0.269 e. The molecule has 0 unspecified atom stereocenters. The molecule has 0 saturated carbocycles. The summed E-state index contributed by atoms with van der Waals surface area (Å²) in [4.78, 5) is 21.7. The van der Waals surface area contributed by atoms with Gasteiger partial charge in [-0.15, -0.1) is 0 Å². The second-order valence-electron chi connectivity index (χ2n) is 4.83. The van der Waals surface area contributed by atoms with E-state index in [2.05, 4.69) is 5.32 Å². The Hall–Kier alpha value is -1.75. The highest BCUT2D eigenvalue weighted by molar-refractivity contribution is 5.97. The van der Waals surface area contributed by atoms with Crippen molar-refractivity contribution in [3.8, 4) is 0 Å². The number of non-ortho nitro benzene ring substituents is 1. The number of hydrogen-bond donors (Lipinski definition) is 1. The predicted molar refractivity (Wildman–Crippen MR) is 65.2 cm³/mol. The molecule has 1 aromatic rings. The van der Waals surface area contributed by atoms with Crippen molar-refractivity contribution in [2.75, 3.05) is 6.54 Å². The molecule has 0 aromatic heterocycles. The largest absolute Gasteiger partial charge is 0.305 e. The number of carbonyl (C=O) groups excluding carboxylic acids is 1. The van der Waals surface area contributed by atoms with Crippen LogP contribution in [0.25, 0.3) is 0 Å². The van der Waals surface area contributed by atoms with Crippen molar-refractivity contribution in [2.24, 2.45) is 0 Å². The summed E-state index contributed by atoms with van der Waals surface area (Å²) in [6.07, 6.45) is 0. The number of carbonyl (C=O) groups is 1. The molecule has 0 amide bonds. The average Bonchev–Trinajstić information content (AvgIpc) is 2.25. The van der Waals surface area contributed by atoms with Crippen LogP contribution < -0.4 is 5.32 Å². The molecule has 0 radical (unpaired) electrons. The van der Waals surface area contributed by atoms with E-state index in [-0.39, 0.29) is 23.6 Å². The second-order valence-corrected chi connectivity index (χ2v) is 4.83. The van der Waals surface area contributed by atoms with E-state index in [1.165, 1.54) is 24.3 Å². The fourth-order valence-electron chi connectivity index (χ4n) is 1.22. The first-order chi connectivity index (χ1) is 7.79. The summed E-state index contributed by atoms with van der Waals surface area (Å²) in [5.74, 6) is -0.0742. The van der Waals surface area contributed by atoms with Crippen LogP contribution in [0, 0.1) is 10.1 Å². The second kappa shape index (κ2) is 5.05. The molecule has 92 valence electrons. The molecular formula is C12H16N2O3. The van der Waals surface area contributed by atoms with Crippen LogP contribution in [-0.4, -0.2) is 22.8 Å². The summed E-state index contributed by atoms with van der Waals surface area (Å²) in [5, 5.41) is 13.5. The van der Waals surface area contributed by atoms with Crippen LogP contribution in [0.3, 0.4) is 0 Å². The molecule has 5 nitrogen and oxygen atoms in total. The molecule has 17 heavy (non-hydrogen) atoms. The zero-order valence-electron chi connectivity index (χ0n) is 10.2. The zero-order chi connectivity index (χ0) is 13.1. The Balaban J connectivity index is 2.67. The van der Waals surface area contributed by atoms with E-state index < -0.39 is 4.92 Å². The van der Waals surface area contributed by atoms with Crippen molar-refractivity contribution in [3.63, 3.8) is 0 Å². The quantitative estimate of drug-likeness (QED) is 0.494. The molecule has 0 atom stereocenters. The van der Waals surface area contributed by atoms with Crippen LogP contribution in [0.4, 0.5) is 5.69 Å². The Morgan fingerprint density at radius 1 is 1.29 bits per heavy atom. The van der Waals surface area contributed by atoms with E-state index in [0.717, 1.165) is 0 Å². The first-order valence-corrected chi connectivity index (χ1v) is 5.32. The summed E-state index contributed by atoms with van der Waals surface area (Å²) < 4.78 is 0. The minimum Gasteiger partial charge on any atom is -0.305 e. The van der Waals surface area contributed by atoms with Crippen molar-refractivity contribution >= 4 is 11.5 Å². The molecule has 0 saturated heterocycles. The minimum absolute atomic E-state index is 0.00895. The van der Waals surface area contributed by atoms with Crippen LogP contribution in [0.15, 0.2) is 24.3 Å². The lowest BCUT2D eigenvalue weighted by atomic mass is 10.1. The zero-order valence-corrected chi connectivity index (χ0v) is 10.2. The van der Waals surface area contributed by atoms with Gasteiger partial charge in [-0.3, -0.25) is 14.9 Å². The van der Waals surface area contributed by atoms with Crippen molar-refractivity contribution in [1.29, 1.82) is 0 Å². The highest BCUT2D eigenvalue weighted by Gasteiger charge is 2.13. The predicted octanol–water partition coefficient (Wildman–Crippen LogP) is 2.17. The molecule has 5 heteroatoms. The van der Waals surface area contributed by atoms with Gasteiger partial charge in [0.1, 0.15) is 0 Å². The number of nitro groups is 1. The molecule has 0 aliphatic carbocycles. The van der Waals surface area contributed by atoms with Crippen LogP contribution in [-0.2, 0) is 0 Å². The van der Waals surface area contributed by atoms with Gasteiger partial charge in [-0.1, -0.05) is 0 Å². The number of ketones is 1. The first-order valence-electron chi connectivity index (χ1n) is 5.32. The monoisotopic (exact) mass is 236 g/mol. The Bertz CT molecular complexity index is 418. The highest BCUT2D eigenvalue weighted by atomic mass is 16.6. The van der Waals surface area contributed by atoms with E-state index >= 15 is 0 Å². The number of Topliss-reactive ketones (excluding diaryl/α,β-unsaturated/α-hetero) is 1. The molecule has 0 bridgehead atoms. The Morgan fingerprint density at radius 2 is 1.82 bits per heavy atom. The standard InChI is InChI=1S/C12H16N2O3/c1-12(2,3)13-8-11(15)9-4-6-10(7-5-9)14(16)17/h4-7,13H,8H2,1-3H3. The van der Waals surface area contributed by atoms with E-state index in [4.69, 9.17) is 0 Å². The third-order valence-corrected chi connectivity index (χ3v) is 2.18. The van der Waals surface area contributed by atoms with Crippen molar-refractivity contribution in [1.82, 2.24) is 5.32 Å². The van der Waals surface area contributed by atoms with Crippen molar-refractivity contribution < 1.29 is 9.72 Å². The number of nitrogens with one attached hydrogen (secondary N) is 1. The lowest BCUT2D eigenvalue weighted by molar-refractivity contribution is -0.384. The molecule has 1 aromatic carbocycles. The normalized spacial score (nSPS) is 11.2. The van der Waals surface area contributed by atoms with Crippen LogP contribution in [0.5, 0.6) is 0 Å². The maximum atomic E-state index is 11.7. The van der Waals surface area contributed by atoms with Gasteiger partial charge in [0.05, 0.1) is 11.5 Å². The van der Waals surface area contributed by atoms with Gasteiger partial charge >= 0.3 is 0 Å². The van der Waals surface area contributed by atoms with Gasteiger partial charge in [0.2, 0.25) is 0 Å². The molecule has 0 heterocycles. The van der Waals surface area contributed by atoms with Gasteiger partial charge in [0.25, 0.3) is 5.69 Å². The third kappa shape index (κ3) is 4.32. The molecule has 0 fully saturated rings. The fourth-order valence-corrected chi connectivity index (χ4v) is 1.22. The first kappa shape index (κ1) is 13.3. The van der Waals surface area contributed by atoms with Gasteiger partial charge in [0, 0.05) is 23.2 Å². The molecule has 0 aliphatic rings. The minimum atomic E-state index is -0.484. The number of nitro benzene ring substituents is 1. The number of hydrogen-bond acceptors (Lipinski definition) is 4. The van der Waals surface area contributed by atoms with Crippen LogP contribution in [0.1, 0.15) is 31.1 Å². The van der Waals surface area contributed by atoms with E-state index in [1.807, 2.05) is 20.8 Å². The van der Waals surface area contributed by atoms with Gasteiger partial charge in [-0.25, -0.2) is 0 Å². The Kier molecular flexibility index (Phi) is 3.96. The van der Waals surface area contributed by atoms with E-state index in [0.29, 0.717) is 5.56 Å². The van der Waals surface area contributed by atoms with Gasteiger partial charge in [-0.05, 0) is 32.9 Å². The van der Waals surface area contributed by atoms with Gasteiger partial charge in [-0.2, -0.15) is 0 Å². The topological polar surface area (TPSA) is 72.2 Å². The molecule has 0 spiro atoms. The lowest BCUT2D eigenvalue weighted by Gasteiger charge is -2.19. The van der Waals surface area contributed by atoms with Crippen molar-refractivity contribution in [2.45, 2.75) is 26.3 Å². The maximum Gasteiger partial charge on any atom is 0.269 e. The maximum absolute atomic E-state index is 11.7. The number of rotatable bonds is 4. The highest BCUT2D eigenvalue weighted by Crippen LogP contribution is 2.12. The molecular weight excluding hydrogens is 220 g/mol. The van der Waals surface area contributed by atoms with E-state index in [1.54, 1.807) is 0 Å². The number of nitrogens with zero attached hydrogens (tertiary/aromatic N) is 1. The van der Waals surface area contributed by atoms with Crippen LogP contribution in [0.2, 0.25) is 0 Å². The van der Waals surface area contributed by atoms with Gasteiger partial charge < -0.3 is 5.32 Å². The Labute approximate surface area is 100.0 Å². The van der Waals surface area contributed by atoms with Crippen molar-refractivity contribution in [3.05, 3.63) is 39.9 Å². The summed E-state index contributed by atoms with van der Waals surface area (Å²) in [6.45, 7) is 6.13. The SMILES string of the molecule is CC(C)(C)NCC(=O)c1ccc([N+](=O)[O-])cc1.